The molecule has 4 nitrogen and oxygen atoms in total. The van der Waals surface area contributed by atoms with Gasteiger partial charge in [-0.25, -0.2) is 4.39 Å². The first-order valence-corrected chi connectivity index (χ1v) is 6.15. The molecule has 0 fully saturated rings. The predicted molar refractivity (Wildman–Crippen MR) is 72.2 cm³/mol. The van der Waals surface area contributed by atoms with E-state index >= 15 is 0 Å². The van der Waals surface area contributed by atoms with Crippen molar-refractivity contribution in [1.82, 2.24) is 5.32 Å². The fourth-order valence-corrected chi connectivity index (χ4v) is 1.73. The Balaban J connectivity index is 2.84. The molecule has 0 aromatic heterocycles. The molecular formula is C14H19FN2O2. The summed E-state index contributed by atoms with van der Waals surface area (Å²) in [5.41, 5.74) is 1.18. The lowest BCUT2D eigenvalue weighted by Crippen LogP contribution is -2.46. The molecule has 0 spiro atoms. The molecule has 19 heavy (non-hydrogen) atoms. The van der Waals surface area contributed by atoms with Crippen LogP contribution in [0.1, 0.15) is 26.3 Å². The lowest BCUT2D eigenvalue weighted by molar-refractivity contribution is -0.126. The second-order valence-corrected chi connectivity index (χ2v) is 4.87. The van der Waals surface area contributed by atoms with Crippen molar-refractivity contribution in [3.8, 4) is 0 Å². The monoisotopic (exact) mass is 266 g/mol. The summed E-state index contributed by atoms with van der Waals surface area (Å²) in [6.07, 6.45) is 0. The van der Waals surface area contributed by atoms with Gasteiger partial charge in [-0.1, -0.05) is 13.8 Å². The highest BCUT2D eigenvalue weighted by Gasteiger charge is 2.23. The van der Waals surface area contributed by atoms with E-state index in [0.717, 1.165) is 0 Å². The molecule has 2 N–H and O–H groups in total. The van der Waals surface area contributed by atoms with Crippen LogP contribution in [0, 0.1) is 18.7 Å². The van der Waals surface area contributed by atoms with Crippen LogP contribution in [-0.4, -0.2) is 17.9 Å². The zero-order valence-corrected chi connectivity index (χ0v) is 11.6. The molecule has 1 atom stereocenters. The average molecular weight is 266 g/mol. The van der Waals surface area contributed by atoms with Crippen molar-refractivity contribution in [2.75, 3.05) is 5.32 Å². The van der Waals surface area contributed by atoms with Gasteiger partial charge in [0, 0.05) is 12.6 Å². The molecule has 104 valence electrons. The number of rotatable bonds is 4. The van der Waals surface area contributed by atoms with E-state index in [4.69, 9.17) is 0 Å². The van der Waals surface area contributed by atoms with Crippen LogP contribution in [0.15, 0.2) is 18.2 Å². The fraction of sp³-hybridized carbons (Fsp3) is 0.429. The maximum atomic E-state index is 13.0. The van der Waals surface area contributed by atoms with E-state index in [1.54, 1.807) is 6.92 Å². The summed E-state index contributed by atoms with van der Waals surface area (Å²) in [5.74, 6) is -0.952. The van der Waals surface area contributed by atoms with Gasteiger partial charge >= 0.3 is 0 Å². The number of aryl methyl sites for hydroxylation is 1. The van der Waals surface area contributed by atoms with E-state index < -0.39 is 6.04 Å². The SMILES string of the molecule is CC(=O)N[C@@H](C(=O)Nc1ccc(F)cc1C)C(C)C. The summed E-state index contributed by atoms with van der Waals surface area (Å²) in [5, 5.41) is 5.31. The average Bonchev–Trinajstić information content (AvgIpc) is 2.29. The van der Waals surface area contributed by atoms with Crippen LogP contribution >= 0.6 is 0 Å². The van der Waals surface area contributed by atoms with Gasteiger partial charge in [-0.05, 0) is 36.6 Å². The second kappa shape index (κ2) is 6.31. The number of carbonyl (C=O) groups is 2. The van der Waals surface area contributed by atoms with Gasteiger partial charge in [0.15, 0.2) is 0 Å². The third-order valence-corrected chi connectivity index (χ3v) is 2.75. The van der Waals surface area contributed by atoms with Gasteiger partial charge < -0.3 is 10.6 Å². The van der Waals surface area contributed by atoms with Crippen LogP contribution in [0.4, 0.5) is 10.1 Å². The highest BCUT2D eigenvalue weighted by molar-refractivity contribution is 5.97. The highest BCUT2D eigenvalue weighted by Crippen LogP contribution is 2.16. The van der Waals surface area contributed by atoms with Gasteiger partial charge in [-0.3, -0.25) is 9.59 Å². The van der Waals surface area contributed by atoms with Crippen molar-refractivity contribution in [3.05, 3.63) is 29.6 Å². The molecule has 1 rings (SSSR count). The minimum Gasteiger partial charge on any atom is -0.344 e. The lowest BCUT2D eigenvalue weighted by Gasteiger charge is -2.21. The van der Waals surface area contributed by atoms with Crippen LogP contribution in [0.25, 0.3) is 0 Å². The first-order valence-electron chi connectivity index (χ1n) is 6.15. The number of hydrogen-bond donors (Lipinski definition) is 2. The summed E-state index contributed by atoms with van der Waals surface area (Å²) in [6.45, 7) is 6.77. The third kappa shape index (κ3) is 4.35. The van der Waals surface area contributed by atoms with Gasteiger partial charge in [0.25, 0.3) is 0 Å². The molecule has 0 heterocycles. The van der Waals surface area contributed by atoms with Crippen LogP contribution in [0.2, 0.25) is 0 Å². The van der Waals surface area contributed by atoms with E-state index in [0.29, 0.717) is 11.3 Å². The molecule has 0 aliphatic rings. The quantitative estimate of drug-likeness (QED) is 0.878. The summed E-state index contributed by atoms with van der Waals surface area (Å²) >= 11 is 0. The van der Waals surface area contributed by atoms with Crippen molar-refractivity contribution in [2.45, 2.75) is 33.7 Å². The number of nitrogens with one attached hydrogen (secondary N) is 2. The molecule has 0 aliphatic heterocycles. The number of carbonyl (C=O) groups excluding carboxylic acids is 2. The Labute approximate surface area is 112 Å². The molecule has 2 amide bonds. The molecule has 0 unspecified atom stereocenters. The highest BCUT2D eigenvalue weighted by atomic mass is 19.1. The maximum absolute atomic E-state index is 13.0. The van der Waals surface area contributed by atoms with Gasteiger partial charge in [0.1, 0.15) is 11.9 Å². The van der Waals surface area contributed by atoms with E-state index in [1.807, 2.05) is 13.8 Å². The molecule has 5 heteroatoms. The molecule has 0 saturated carbocycles. The van der Waals surface area contributed by atoms with Crippen molar-refractivity contribution in [3.63, 3.8) is 0 Å². The third-order valence-electron chi connectivity index (χ3n) is 2.75. The molecule has 0 bridgehead atoms. The van der Waals surface area contributed by atoms with Crippen LogP contribution in [0.3, 0.4) is 0 Å². The topological polar surface area (TPSA) is 58.2 Å². The summed E-state index contributed by atoms with van der Waals surface area (Å²) in [6, 6.07) is 3.53. The Hall–Kier alpha value is -1.91. The van der Waals surface area contributed by atoms with Gasteiger partial charge in [-0.15, -0.1) is 0 Å². The van der Waals surface area contributed by atoms with E-state index in [2.05, 4.69) is 10.6 Å². The van der Waals surface area contributed by atoms with Crippen LogP contribution in [0.5, 0.6) is 0 Å². The van der Waals surface area contributed by atoms with E-state index in [1.165, 1.54) is 25.1 Å². The normalized spacial score (nSPS) is 12.1. The Kier molecular flexibility index (Phi) is 5.03. The molecule has 1 aromatic rings. The Morgan fingerprint density at radius 3 is 2.37 bits per heavy atom. The Bertz CT molecular complexity index is 486. The second-order valence-electron chi connectivity index (χ2n) is 4.87. The van der Waals surface area contributed by atoms with Crippen LogP contribution in [-0.2, 0) is 9.59 Å². The summed E-state index contributed by atoms with van der Waals surface area (Å²) < 4.78 is 13.0. The van der Waals surface area contributed by atoms with E-state index in [-0.39, 0.29) is 23.5 Å². The Morgan fingerprint density at radius 2 is 1.89 bits per heavy atom. The van der Waals surface area contributed by atoms with Crippen LogP contribution < -0.4 is 10.6 Å². The minimum absolute atomic E-state index is 0.0374. The van der Waals surface area contributed by atoms with Gasteiger partial charge in [-0.2, -0.15) is 0 Å². The number of halogens is 1. The first-order chi connectivity index (χ1) is 8.81. The van der Waals surface area contributed by atoms with Crippen molar-refractivity contribution < 1.29 is 14.0 Å². The van der Waals surface area contributed by atoms with Crippen molar-refractivity contribution in [1.29, 1.82) is 0 Å². The number of anilines is 1. The largest absolute Gasteiger partial charge is 0.344 e. The summed E-state index contributed by atoms with van der Waals surface area (Å²) in [4.78, 5) is 23.2. The number of hydrogen-bond acceptors (Lipinski definition) is 2. The van der Waals surface area contributed by atoms with Gasteiger partial charge in [0.2, 0.25) is 11.8 Å². The van der Waals surface area contributed by atoms with Crippen molar-refractivity contribution >= 4 is 17.5 Å². The standard InChI is InChI=1S/C14H19FN2O2/c1-8(2)13(16-10(4)18)14(19)17-12-6-5-11(15)7-9(12)3/h5-8,13H,1-4H3,(H,16,18)(H,17,19)/t13-/m1/s1. The van der Waals surface area contributed by atoms with E-state index in [9.17, 15) is 14.0 Å². The lowest BCUT2D eigenvalue weighted by atomic mass is 10.0. The molecular weight excluding hydrogens is 247 g/mol. The Morgan fingerprint density at radius 1 is 1.26 bits per heavy atom. The van der Waals surface area contributed by atoms with Gasteiger partial charge in [0.05, 0.1) is 0 Å². The molecule has 0 radical (unpaired) electrons. The zero-order chi connectivity index (χ0) is 14.6. The molecule has 1 aromatic carbocycles. The summed E-state index contributed by atoms with van der Waals surface area (Å²) in [7, 11) is 0. The number of amides is 2. The number of benzene rings is 1. The maximum Gasteiger partial charge on any atom is 0.247 e. The minimum atomic E-state index is -0.609. The van der Waals surface area contributed by atoms with Crippen molar-refractivity contribution in [2.24, 2.45) is 5.92 Å². The smallest absolute Gasteiger partial charge is 0.247 e. The fourth-order valence-electron chi connectivity index (χ4n) is 1.73. The zero-order valence-electron chi connectivity index (χ0n) is 11.6. The molecule has 0 aliphatic carbocycles. The first kappa shape index (κ1) is 15.1. The molecule has 0 saturated heterocycles. The predicted octanol–water partition coefficient (Wildman–Crippen LogP) is 2.23.